The van der Waals surface area contributed by atoms with E-state index in [2.05, 4.69) is 28.2 Å². The van der Waals surface area contributed by atoms with Crippen molar-refractivity contribution in [3.8, 4) is 11.5 Å². The molecule has 1 heterocycles. The number of fused-ring (bicyclic) bond motifs is 1. The second-order valence-corrected chi connectivity index (χ2v) is 5.68. The molecule has 126 valence electrons. The first-order valence-corrected chi connectivity index (χ1v) is 8.13. The van der Waals surface area contributed by atoms with Gasteiger partial charge in [-0.25, -0.2) is 9.13 Å². The predicted octanol–water partition coefficient (Wildman–Crippen LogP) is 2.40. The highest BCUT2D eigenvalue weighted by atomic mass is 16.5. The molecule has 0 aliphatic heterocycles. The van der Waals surface area contributed by atoms with E-state index in [4.69, 9.17) is 9.47 Å². The summed E-state index contributed by atoms with van der Waals surface area (Å²) in [5.41, 5.74) is 2.28. The third-order valence-corrected chi connectivity index (χ3v) is 4.03. The van der Waals surface area contributed by atoms with Gasteiger partial charge in [-0.3, -0.25) is 0 Å². The number of ether oxygens (including phenoxy) is 2. The Balaban J connectivity index is 1.65. The summed E-state index contributed by atoms with van der Waals surface area (Å²) >= 11 is 0. The number of benzene rings is 2. The van der Waals surface area contributed by atoms with Crippen LogP contribution in [0.1, 0.15) is 6.92 Å². The number of imidazole rings is 1. The Bertz CT molecular complexity index is 796. The van der Waals surface area contributed by atoms with E-state index in [1.54, 1.807) is 7.11 Å². The van der Waals surface area contributed by atoms with Gasteiger partial charge >= 0.3 is 0 Å². The van der Waals surface area contributed by atoms with Crippen molar-refractivity contribution in [1.29, 1.82) is 0 Å². The number of rotatable bonds is 7. The fourth-order valence-corrected chi connectivity index (χ4v) is 2.78. The van der Waals surface area contributed by atoms with Crippen LogP contribution in [0.5, 0.6) is 11.5 Å². The average molecular weight is 327 g/mol. The molecule has 0 radical (unpaired) electrons. The highest BCUT2D eigenvalue weighted by Crippen LogP contribution is 2.17. The monoisotopic (exact) mass is 327 g/mol. The lowest BCUT2D eigenvalue weighted by Gasteiger charge is -2.11. The van der Waals surface area contributed by atoms with Crippen LogP contribution in [0.4, 0.5) is 0 Å². The van der Waals surface area contributed by atoms with Crippen LogP contribution in [0.3, 0.4) is 0 Å². The van der Waals surface area contributed by atoms with Gasteiger partial charge in [-0.05, 0) is 43.3 Å². The van der Waals surface area contributed by atoms with Gasteiger partial charge in [-0.1, -0.05) is 12.1 Å². The van der Waals surface area contributed by atoms with E-state index >= 15 is 0 Å². The molecule has 1 atom stereocenters. The van der Waals surface area contributed by atoms with Gasteiger partial charge in [-0.2, -0.15) is 0 Å². The number of hydrogen-bond acceptors (Lipinski definition) is 3. The topological polar surface area (TPSA) is 47.5 Å². The highest BCUT2D eigenvalue weighted by Gasteiger charge is 2.17. The largest absolute Gasteiger partial charge is 0.497 e. The molecule has 0 aliphatic carbocycles. The van der Waals surface area contributed by atoms with E-state index in [0.717, 1.165) is 23.6 Å². The summed E-state index contributed by atoms with van der Waals surface area (Å²) < 4.78 is 15.0. The molecule has 2 aromatic carbocycles. The zero-order chi connectivity index (χ0) is 16.9. The minimum absolute atomic E-state index is 0.241. The molecule has 0 amide bonds. The van der Waals surface area contributed by atoms with Gasteiger partial charge < -0.3 is 14.6 Å². The fourth-order valence-electron chi connectivity index (χ4n) is 2.78. The van der Waals surface area contributed by atoms with Crippen LogP contribution < -0.4 is 14.0 Å². The van der Waals surface area contributed by atoms with Crippen molar-refractivity contribution in [3.05, 3.63) is 54.9 Å². The van der Waals surface area contributed by atoms with Crippen LogP contribution in [-0.2, 0) is 13.1 Å². The summed E-state index contributed by atoms with van der Waals surface area (Å²) in [7, 11) is 1.63. The second-order valence-electron chi connectivity index (χ2n) is 5.68. The Morgan fingerprint density at radius 1 is 1.08 bits per heavy atom. The van der Waals surface area contributed by atoms with Crippen molar-refractivity contribution in [1.82, 2.24) is 4.57 Å². The number of hydrogen-bond donors (Lipinski definition) is 1. The van der Waals surface area contributed by atoms with Gasteiger partial charge in [0.15, 0.2) is 11.0 Å². The molecule has 0 bridgehead atoms. The Hall–Kier alpha value is -2.53. The van der Waals surface area contributed by atoms with Crippen molar-refractivity contribution < 1.29 is 19.1 Å². The lowest BCUT2D eigenvalue weighted by Crippen LogP contribution is -2.41. The number of aryl methyl sites for hydroxylation is 1. The van der Waals surface area contributed by atoms with Crippen LogP contribution in [0.2, 0.25) is 0 Å². The van der Waals surface area contributed by atoms with E-state index in [-0.39, 0.29) is 6.61 Å². The van der Waals surface area contributed by atoms with E-state index < -0.39 is 6.10 Å². The summed E-state index contributed by atoms with van der Waals surface area (Å²) in [6, 6.07) is 15.6. The molecule has 1 aromatic heterocycles. The third-order valence-electron chi connectivity index (χ3n) is 4.03. The normalized spacial score (nSPS) is 12.3. The zero-order valence-electron chi connectivity index (χ0n) is 14.1. The molecular weight excluding hydrogens is 304 g/mol. The first-order valence-electron chi connectivity index (χ1n) is 8.13. The van der Waals surface area contributed by atoms with Gasteiger partial charge in [0.2, 0.25) is 6.33 Å². The molecular formula is C19H23N2O3+. The lowest BCUT2D eigenvalue weighted by atomic mass is 10.3. The molecule has 3 aromatic rings. The second kappa shape index (κ2) is 7.36. The van der Waals surface area contributed by atoms with Crippen LogP contribution in [-0.4, -0.2) is 29.5 Å². The van der Waals surface area contributed by atoms with Crippen molar-refractivity contribution >= 4 is 11.0 Å². The molecule has 0 fully saturated rings. The van der Waals surface area contributed by atoms with E-state index in [1.165, 1.54) is 5.52 Å². The van der Waals surface area contributed by atoms with Crippen LogP contribution in [0.15, 0.2) is 54.9 Å². The number of para-hydroxylation sites is 2. The molecule has 0 aliphatic rings. The highest BCUT2D eigenvalue weighted by molar-refractivity contribution is 5.71. The maximum absolute atomic E-state index is 10.3. The number of nitrogens with zero attached hydrogens (tertiary/aromatic N) is 2. The minimum atomic E-state index is -0.590. The maximum Gasteiger partial charge on any atom is 0.244 e. The Morgan fingerprint density at radius 3 is 2.50 bits per heavy atom. The quantitative estimate of drug-likeness (QED) is 0.678. The third kappa shape index (κ3) is 3.51. The molecule has 0 unspecified atom stereocenters. The smallest absolute Gasteiger partial charge is 0.244 e. The first-order chi connectivity index (χ1) is 11.7. The molecule has 0 saturated carbocycles. The summed E-state index contributed by atoms with van der Waals surface area (Å²) in [5, 5.41) is 10.3. The van der Waals surface area contributed by atoms with Gasteiger partial charge in [0.05, 0.1) is 13.7 Å². The average Bonchev–Trinajstić information content (AvgIpc) is 2.98. The fraction of sp³-hybridized carbons (Fsp3) is 0.316. The van der Waals surface area contributed by atoms with Gasteiger partial charge in [0.1, 0.15) is 30.8 Å². The zero-order valence-corrected chi connectivity index (χ0v) is 14.1. The summed E-state index contributed by atoms with van der Waals surface area (Å²) in [5.74, 6) is 1.50. The van der Waals surface area contributed by atoms with Gasteiger partial charge in [0, 0.05) is 0 Å². The van der Waals surface area contributed by atoms with E-state index in [9.17, 15) is 5.11 Å². The Kier molecular flexibility index (Phi) is 5.01. The van der Waals surface area contributed by atoms with Crippen LogP contribution in [0.25, 0.3) is 11.0 Å². The van der Waals surface area contributed by atoms with Crippen LogP contribution in [0, 0.1) is 0 Å². The van der Waals surface area contributed by atoms with Crippen molar-refractivity contribution in [3.63, 3.8) is 0 Å². The van der Waals surface area contributed by atoms with E-state index in [1.807, 2.05) is 42.7 Å². The Morgan fingerprint density at radius 2 is 1.79 bits per heavy atom. The summed E-state index contributed by atoms with van der Waals surface area (Å²) in [4.78, 5) is 0. The van der Waals surface area contributed by atoms with Crippen molar-refractivity contribution in [2.45, 2.75) is 26.1 Å². The molecule has 1 N–H and O–H groups in total. The summed E-state index contributed by atoms with van der Waals surface area (Å²) in [6.45, 7) is 3.74. The molecule has 5 nitrogen and oxygen atoms in total. The molecule has 3 rings (SSSR count). The SMILES string of the molecule is CCn1c[n+](C[C@H](O)COc2ccc(OC)cc2)c2ccccc21. The van der Waals surface area contributed by atoms with Gasteiger partial charge in [-0.15, -0.1) is 0 Å². The van der Waals surface area contributed by atoms with Crippen LogP contribution >= 0.6 is 0 Å². The molecule has 5 heteroatoms. The summed E-state index contributed by atoms with van der Waals surface area (Å²) in [6.07, 6.45) is 1.45. The standard InChI is InChI=1S/C19H23N2O3/c1-3-20-14-21(19-7-5-4-6-18(19)20)12-15(22)13-24-17-10-8-16(23-2)9-11-17/h4-11,14-15,22H,3,12-13H2,1-2H3/q+1/t15-/m0/s1. The number of aliphatic hydroxyl groups excluding tert-OH is 1. The number of aromatic nitrogens is 2. The number of methoxy groups -OCH3 is 1. The van der Waals surface area contributed by atoms with Gasteiger partial charge in [0.25, 0.3) is 0 Å². The van der Waals surface area contributed by atoms with Crippen molar-refractivity contribution in [2.75, 3.05) is 13.7 Å². The van der Waals surface area contributed by atoms with E-state index in [0.29, 0.717) is 6.54 Å². The van der Waals surface area contributed by atoms with Crippen molar-refractivity contribution in [2.24, 2.45) is 0 Å². The Labute approximate surface area is 141 Å². The number of aliphatic hydroxyl groups is 1. The predicted molar refractivity (Wildman–Crippen MR) is 92.3 cm³/mol. The molecule has 0 spiro atoms. The first kappa shape index (κ1) is 16.3. The molecule has 24 heavy (non-hydrogen) atoms. The minimum Gasteiger partial charge on any atom is -0.497 e. The maximum atomic E-state index is 10.3. The molecule has 0 saturated heterocycles. The lowest BCUT2D eigenvalue weighted by molar-refractivity contribution is -0.679.